The molecule has 1 aliphatic rings. The van der Waals surface area contributed by atoms with Gasteiger partial charge in [-0.25, -0.2) is 0 Å². The van der Waals surface area contributed by atoms with Crippen LogP contribution in [0.2, 0.25) is 0 Å². The smallest absolute Gasteiger partial charge is 0.251 e. The number of para-hydroxylation sites is 1. The molecule has 0 saturated carbocycles. The summed E-state index contributed by atoms with van der Waals surface area (Å²) < 4.78 is 11.3. The third kappa shape index (κ3) is 5.82. The summed E-state index contributed by atoms with van der Waals surface area (Å²) in [5, 5.41) is 16.3. The second-order valence-electron chi connectivity index (χ2n) is 9.77. The summed E-state index contributed by atoms with van der Waals surface area (Å²) in [5.74, 6) is 0.614. The Kier molecular flexibility index (Phi) is 7.46. The van der Waals surface area contributed by atoms with E-state index >= 15 is 0 Å². The number of amides is 2. The fraction of sp³-hybridized carbons (Fsp3) is 0.276. The van der Waals surface area contributed by atoms with Crippen LogP contribution in [0.15, 0.2) is 77.6 Å². The molecule has 2 amide bonds. The fourth-order valence-corrected chi connectivity index (χ4v) is 4.87. The molecule has 12 heteroatoms. The molecule has 5 heterocycles. The summed E-state index contributed by atoms with van der Waals surface area (Å²) in [4.78, 5) is 39.3. The van der Waals surface area contributed by atoms with Gasteiger partial charge in [-0.05, 0) is 66.9 Å². The molecule has 0 spiro atoms. The summed E-state index contributed by atoms with van der Waals surface area (Å²) in [6.07, 6.45) is 6.53. The Hall–Kier alpha value is -4.97. The molecule has 0 aliphatic carbocycles. The second-order valence-corrected chi connectivity index (χ2v) is 9.77. The molecule has 5 aromatic rings. The molecule has 2 unspecified atom stereocenters. The summed E-state index contributed by atoms with van der Waals surface area (Å²) in [5.41, 5.74) is 1.80. The van der Waals surface area contributed by atoms with E-state index in [1.165, 1.54) is 9.70 Å². The molecular formula is C29H28N8O4. The molecule has 4 aromatic heterocycles. The zero-order chi connectivity index (χ0) is 28.2. The number of rotatable bonds is 9. The van der Waals surface area contributed by atoms with Crippen molar-refractivity contribution in [1.29, 1.82) is 0 Å². The maximum absolute atomic E-state index is 14.1. The first-order valence-corrected chi connectivity index (χ1v) is 13.4. The van der Waals surface area contributed by atoms with E-state index < -0.39 is 11.9 Å². The lowest BCUT2D eigenvalue weighted by atomic mass is 10.0. The van der Waals surface area contributed by atoms with Gasteiger partial charge in [0.25, 0.3) is 5.91 Å². The van der Waals surface area contributed by atoms with E-state index in [1.807, 2.05) is 37.3 Å². The highest BCUT2D eigenvalue weighted by atomic mass is 16.5. The Morgan fingerprint density at radius 3 is 2.78 bits per heavy atom. The van der Waals surface area contributed by atoms with Crippen molar-refractivity contribution in [3.8, 4) is 11.6 Å². The molecule has 1 N–H and O–H groups in total. The number of nitrogens with zero attached hydrogens (tertiary/aromatic N) is 7. The number of nitrogens with one attached hydrogen (secondary N) is 1. The predicted molar refractivity (Wildman–Crippen MR) is 148 cm³/mol. The molecule has 1 saturated heterocycles. The topological polar surface area (TPSA) is 141 Å². The molecule has 1 aliphatic heterocycles. The average molecular weight is 553 g/mol. The number of ether oxygens (including phenoxy) is 1. The lowest BCUT2D eigenvalue weighted by Gasteiger charge is -2.31. The Bertz CT molecular complexity index is 1660. The molecule has 1 fully saturated rings. The summed E-state index contributed by atoms with van der Waals surface area (Å²) in [6, 6.07) is 15.4. The van der Waals surface area contributed by atoms with Gasteiger partial charge in [0.15, 0.2) is 5.76 Å². The van der Waals surface area contributed by atoms with Crippen LogP contribution in [0.3, 0.4) is 0 Å². The first-order chi connectivity index (χ1) is 20.0. The van der Waals surface area contributed by atoms with Gasteiger partial charge in [-0.3, -0.25) is 24.5 Å². The number of hydrogen-bond donors (Lipinski definition) is 1. The molecule has 0 bridgehead atoms. The van der Waals surface area contributed by atoms with Crippen LogP contribution in [0.4, 0.5) is 5.69 Å². The quantitative estimate of drug-likeness (QED) is 0.292. The molecule has 12 nitrogen and oxygen atoms in total. The van der Waals surface area contributed by atoms with Gasteiger partial charge in [0.05, 0.1) is 23.5 Å². The van der Waals surface area contributed by atoms with E-state index in [0.717, 1.165) is 23.7 Å². The third-order valence-electron chi connectivity index (χ3n) is 6.87. The number of pyridine rings is 2. The number of benzene rings is 1. The van der Waals surface area contributed by atoms with Crippen LogP contribution < -0.4 is 10.2 Å². The van der Waals surface area contributed by atoms with Crippen molar-refractivity contribution in [3.05, 3.63) is 84.5 Å². The van der Waals surface area contributed by atoms with Crippen molar-refractivity contribution in [2.24, 2.45) is 0 Å². The average Bonchev–Trinajstić information content (AvgIpc) is 3.77. The zero-order valence-electron chi connectivity index (χ0n) is 22.4. The number of carbonyl (C=O) groups excluding carboxylic acids is 2. The normalized spacial score (nSPS) is 15.6. The number of anilines is 1. The van der Waals surface area contributed by atoms with E-state index in [-0.39, 0.29) is 24.4 Å². The largest absolute Gasteiger partial charge is 0.458 e. The first-order valence-electron chi connectivity index (χ1n) is 13.4. The van der Waals surface area contributed by atoms with Crippen molar-refractivity contribution < 1.29 is 18.7 Å². The minimum Gasteiger partial charge on any atom is -0.458 e. The van der Waals surface area contributed by atoms with E-state index in [2.05, 4.69) is 30.7 Å². The van der Waals surface area contributed by atoms with Gasteiger partial charge in [-0.1, -0.05) is 18.2 Å². The van der Waals surface area contributed by atoms with Gasteiger partial charge in [-0.2, -0.15) is 4.80 Å². The van der Waals surface area contributed by atoms with Crippen molar-refractivity contribution in [2.75, 3.05) is 18.1 Å². The van der Waals surface area contributed by atoms with E-state index in [4.69, 9.17) is 9.15 Å². The van der Waals surface area contributed by atoms with Crippen LogP contribution in [0.25, 0.3) is 22.5 Å². The van der Waals surface area contributed by atoms with Crippen LogP contribution in [0.5, 0.6) is 0 Å². The number of tetrazole rings is 1. The highest BCUT2D eigenvalue weighted by Gasteiger charge is 2.34. The van der Waals surface area contributed by atoms with Crippen LogP contribution in [-0.4, -0.2) is 61.2 Å². The summed E-state index contributed by atoms with van der Waals surface area (Å²) in [7, 11) is 0. The summed E-state index contributed by atoms with van der Waals surface area (Å²) in [6.45, 7) is 2.55. The first kappa shape index (κ1) is 26.3. The number of carbonyl (C=O) groups is 2. The highest BCUT2D eigenvalue weighted by Crippen LogP contribution is 2.30. The van der Waals surface area contributed by atoms with Gasteiger partial charge in [-0.15, -0.1) is 10.2 Å². The van der Waals surface area contributed by atoms with Crippen molar-refractivity contribution in [1.82, 2.24) is 35.5 Å². The molecule has 2 atom stereocenters. The lowest BCUT2D eigenvalue weighted by Crippen LogP contribution is -2.46. The SMILES string of the molecule is Cc1ccc(-c2nnn(CC(=O)N(c3cnc4ccccc4c3)C(C(=O)NCC3CCCO3)c3ccncc3)n2)o1. The van der Waals surface area contributed by atoms with Crippen LogP contribution in [0, 0.1) is 6.92 Å². The van der Waals surface area contributed by atoms with Gasteiger partial charge in [0, 0.05) is 30.9 Å². The van der Waals surface area contributed by atoms with Crippen LogP contribution in [0.1, 0.15) is 30.2 Å². The van der Waals surface area contributed by atoms with Gasteiger partial charge >= 0.3 is 0 Å². The van der Waals surface area contributed by atoms with E-state index in [1.54, 1.807) is 42.9 Å². The van der Waals surface area contributed by atoms with E-state index in [0.29, 0.717) is 35.9 Å². The maximum Gasteiger partial charge on any atom is 0.251 e. The molecule has 208 valence electrons. The van der Waals surface area contributed by atoms with E-state index in [9.17, 15) is 9.59 Å². The zero-order valence-corrected chi connectivity index (χ0v) is 22.4. The highest BCUT2D eigenvalue weighted by molar-refractivity contribution is 6.02. The molecular weight excluding hydrogens is 524 g/mol. The monoisotopic (exact) mass is 552 g/mol. The minimum absolute atomic E-state index is 0.0634. The number of aryl methyl sites for hydroxylation is 1. The standard InChI is InChI=1S/C29H28N8O4/c1-19-8-9-25(41-19)28-33-35-36(34-28)18-26(38)37(22-15-21-5-2-3-7-24(21)31-16-22)27(20-10-12-30-13-11-20)29(39)32-17-23-6-4-14-40-23/h2-3,5,7-13,15-16,23,27H,4,6,14,17-18H2,1H3,(H,32,39). The molecule has 6 rings (SSSR count). The Morgan fingerprint density at radius 1 is 1.15 bits per heavy atom. The third-order valence-corrected chi connectivity index (χ3v) is 6.87. The Labute approximate surface area is 235 Å². The number of furan rings is 1. The van der Waals surface area contributed by atoms with Crippen molar-refractivity contribution >= 4 is 28.4 Å². The molecule has 41 heavy (non-hydrogen) atoms. The van der Waals surface area contributed by atoms with Crippen molar-refractivity contribution in [3.63, 3.8) is 0 Å². The predicted octanol–water partition coefficient (Wildman–Crippen LogP) is 3.25. The molecule has 1 aromatic carbocycles. The summed E-state index contributed by atoms with van der Waals surface area (Å²) >= 11 is 0. The fourth-order valence-electron chi connectivity index (χ4n) is 4.87. The van der Waals surface area contributed by atoms with Gasteiger partial charge in [0.1, 0.15) is 18.3 Å². The Morgan fingerprint density at radius 2 is 2.00 bits per heavy atom. The maximum atomic E-state index is 14.1. The van der Waals surface area contributed by atoms with Gasteiger partial charge in [0.2, 0.25) is 11.7 Å². The number of aromatic nitrogens is 6. The van der Waals surface area contributed by atoms with Crippen molar-refractivity contribution in [2.45, 2.75) is 38.5 Å². The van der Waals surface area contributed by atoms with Gasteiger partial charge < -0.3 is 14.5 Å². The van der Waals surface area contributed by atoms with Crippen LogP contribution in [-0.2, 0) is 20.9 Å². The molecule has 0 radical (unpaired) electrons. The second kappa shape index (κ2) is 11.6. The Balaban J connectivity index is 1.37. The van der Waals surface area contributed by atoms with Crippen LogP contribution >= 0.6 is 0 Å². The number of hydrogen-bond acceptors (Lipinski definition) is 9. The number of fused-ring (bicyclic) bond motifs is 1. The minimum atomic E-state index is -1.02. The lowest BCUT2D eigenvalue weighted by molar-refractivity contribution is -0.127.